The summed E-state index contributed by atoms with van der Waals surface area (Å²) in [5.74, 6) is -1.40. The van der Waals surface area contributed by atoms with Crippen LogP contribution >= 0.6 is 0 Å². The van der Waals surface area contributed by atoms with Crippen LogP contribution in [0.5, 0.6) is 0 Å². The number of rotatable bonds is 8. The zero-order chi connectivity index (χ0) is 19.1. The standard InChI is InChI=1S/C17H20F6O2/c1-2-3-4-5-6-7-10-25-15(24)13-11-12(16(18,19)20)8-9-14(13)17(21,22)23/h8-9,11H,2-7,10H2,1H3. The summed E-state index contributed by atoms with van der Waals surface area (Å²) >= 11 is 0. The molecule has 142 valence electrons. The predicted octanol–water partition coefficient (Wildman–Crippen LogP) is 6.24. The van der Waals surface area contributed by atoms with Crippen LogP contribution in [0.25, 0.3) is 0 Å². The van der Waals surface area contributed by atoms with Gasteiger partial charge in [0.2, 0.25) is 0 Å². The molecule has 0 amide bonds. The van der Waals surface area contributed by atoms with Crippen LogP contribution in [0.4, 0.5) is 26.3 Å². The van der Waals surface area contributed by atoms with E-state index in [1.54, 1.807) is 0 Å². The van der Waals surface area contributed by atoms with E-state index >= 15 is 0 Å². The lowest BCUT2D eigenvalue weighted by Gasteiger charge is -2.15. The minimum atomic E-state index is -4.95. The lowest BCUT2D eigenvalue weighted by molar-refractivity contribution is -0.141. The first kappa shape index (κ1) is 21.3. The second kappa shape index (κ2) is 9.10. The van der Waals surface area contributed by atoms with Crippen LogP contribution in [0.2, 0.25) is 0 Å². The molecule has 0 aliphatic rings. The van der Waals surface area contributed by atoms with E-state index in [-0.39, 0.29) is 18.7 Å². The third-order valence-corrected chi connectivity index (χ3v) is 3.60. The van der Waals surface area contributed by atoms with E-state index in [2.05, 4.69) is 6.92 Å². The second-order valence-electron chi connectivity index (χ2n) is 5.66. The molecular formula is C17H20F6O2. The monoisotopic (exact) mass is 370 g/mol. The van der Waals surface area contributed by atoms with Crippen LogP contribution in [0.3, 0.4) is 0 Å². The van der Waals surface area contributed by atoms with Crippen molar-refractivity contribution in [3.63, 3.8) is 0 Å². The SMILES string of the molecule is CCCCCCCCOC(=O)c1cc(C(F)(F)F)ccc1C(F)(F)F. The Morgan fingerprint density at radius 2 is 1.52 bits per heavy atom. The van der Waals surface area contributed by atoms with Gasteiger partial charge in [-0.1, -0.05) is 39.0 Å². The van der Waals surface area contributed by atoms with Crippen molar-refractivity contribution in [3.05, 3.63) is 34.9 Å². The zero-order valence-corrected chi connectivity index (χ0v) is 13.8. The maximum atomic E-state index is 12.9. The van der Waals surface area contributed by atoms with E-state index in [9.17, 15) is 31.1 Å². The predicted molar refractivity (Wildman–Crippen MR) is 80.1 cm³/mol. The lowest BCUT2D eigenvalue weighted by Crippen LogP contribution is -2.17. The molecule has 0 saturated carbocycles. The molecule has 0 saturated heterocycles. The van der Waals surface area contributed by atoms with Gasteiger partial charge in [0.05, 0.1) is 23.3 Å². The first-order valence-electron chi connectivity index (χ1n) is 8.03. The molecule has 0 spiro atoms. The van der Waals surface area contributed by atoms with Crippen molar-refractivity contribution in [1.29, 1.82) is 0 Å². The highest BCUT2D eigenvalue weighted by Gasteiger charge is 2.39. The fourth-order valence-corrected chi connectivity index (χ4v) is 2.26. The highest BCUT2D eigenvalue weighted by atomic mass is 19.4. The van der Waals surface area contributed by atoms with Crippen molar-refractivity contribution in [1.82, 2.24) is 0 Å². The minimum Gasteiger partial charge on any atom is -0.462 e. The van der Waals surface area contributed by atoms with Crippen LogP contribution in [0, 0.1) is 0 Å². The lowest BCUT2D eigenvalue weighted by atomic mass is 10.0. The van der Waals surface area contributed by atoms with Gasteiger partial charge in [-0.3, -0.25) is 0 Å². The van der Waals surface area contributed by atoms with Gasteiger partial charge in [-0.25, -0.2) is 4.79 Å². The number of halogens is 6. The maximum Gasteiger partial charge on any atom is 0.417 e. The number of esters is 1. The Labute approximate surface area is 142 Å². The first-order chi connectivity index (χ1) is 11.6. The summed E-state index contributed by atoms with van der Waals surface area (Å²) in [6.07, 6.45) is -4.56. The average Bonchev–Trinajstić information content (AvgIpc) is 2.51. The molecule has 1 aromatic carbocycles. The van der Waals surface area contributed by atoms with E-state index in [1.807, 2.05) is 0 Å². The Hall–Kier alpha value is -1.73. The van der Waals surface area contributed by atoms with Crippen LogP contribution in [-0.2, 0) is 17.1 Å². The number of unbranched alkanes of at least 4 members (excludes halogenated alkanes) is 5. The van der Waals surface area contributed by atoms with Crippen molar-refractivity contribution in [2.75, 3.05) is 6.61 Å². The quantitative estimate of drug-likeness (QED) is 0.307. The molecule has 1 aromatic rings. The summed E-state index contributed by atoms with van der Waals surface area (Å²) in [5.41, 5.74) is -3.88. The zero-order valence-electron chi connectivity index (χ0n) is 13.8. The normalized spacial score (nSPS) is 12.3. The number of hydrogen-bond donors (Lipinski definition) is 0. The smallest absolute Gasteiger partial charge is 0.417 e. The van der Waals surface area contributed by atoms with Crippen molar-refractivity contribution >= 4 is 5.97 Å². The molecule has 0 bridgehead atoms. The average molecular weight is 370 g/mol. The summed E-state index contributed by atoms with van der Waals surface area (Å²) in [7, 11) is 0. The van der Waals surface area contributed by atoms with Crippen molar-refractivity contribution in [2.24, 2.45) is 0 Å². The molecule has 1 rings (SSSR count). The van der Waals surface area contributed by atoms with E-state index < -0.39 is 35.0 Å². The molecular weight excluding hydrogens is 350 g/mol. The van der Waals surface area contributed by atoms with Crippen molar-refractivity contribution in [2.45, 2.75) is 57.8 Å². The summed E-state index contributed by atoms with van der Waals surface area (Å²) in [6.45, 7) is 1.92. The number of alkyl halides is 6. The Morgan fingerprint density at radius 3 is 2.08 bits per heavy atom. The molecule has 2 nitrogen and oxygen atoms in total. The van der Waals surface area contributed by atoms with Crippen LogP contribution in [0.1, 0.15) is 66.9 Å². The summed E-state index contributed by atoms with van der Waals surface area (Å²) in [6, 6.07) is 0.740. The van der Waals surface area contributed by atoms with Gasteiger partial charge in [0.1, 0.15) is 0 Å². The van der Waals surface area contributed by atoms with Gasteiger partial charge in [0.25, 0.3) is 0 Å². The summed E-state index contributed by atoms with van der Waals surface area (Å²) in [5, 5.41) is 0. The number of benzene rings is 1. The highest BCUT2D eigenvalue weighted by Crippen LogP contribution is 2.36. The Morgan fingerprint density at radius 1 is 0.920 bits per heavy atom. The van der Waals surface area contributed by atoms with Gasteiger partial charge >= 0.3 is 18.3 Å². The van der Waals surface area contributed by atoms with E-state index in [0.29, 0.717) is 12.5 Å². The molecule has 0 fully saturated rings. The molecule has 25 heavy (non-hydrogen) atoms. The van der Waals surface area contributed by atoms with Crippen molar-refractivity contribution < 1.29 is 35.9 Å². The molecule has 0 heterocycles. The molecule has 0 aliphatic heterocycles. The molecule has 0 aromatic heterocycles. The molecule has 0 atom stereocenters. The van der Waals surface area contributed by atoms with Crippen LogP contribution in [0.15, 0.2) is 18.2 Å². The number of carbonyl (C=O) groups excluding carboxylic acids is 1. The highest BCUT2D eigenvalue weighted by molar-refractivity contribution is 5.91. The number of carbonyl (C=O) groups is 1. The molecule has 0 unspecified atom stereocenters. The van der Waals surface area contributed by atoms with Gasteiger partial charge in [0.15, 0.2) is 0 Å². The van der Waals surface area contributed by atoms with Crippen molar-refractivity contribution in [3.8, 4) is 0 Å². The van der Waals surface area contributed by atoms with E-state index in [1.165, 1.54) is 0 Å². The largest absolute Gasteiger partial charge is 0.462 e. The minimum absolute atomic E-state index is 0.126. The third kappa shape index (κ3) is 6.96. The van der Waals surface area contributed by atoms with E-state index in [4.69, 9.17) is 4.74 Å². The Balaban J connectivity index is 2.78. The fraction of sp³-hybridized carbons (Fsp3) is 0.588. The Bertz CT molecular complexity index is 563. The number of hydrogen-bond acceptors (Lipinski definition) is 2. The summed E-state index contributed by atoms with van der Waals surface area (Å²) < 4.78 is 81.5. The van der Waals surface area contributed by atoms with E-state index in [0.717, 1.165) is 32.1 Å². The molecule has 8 heteroatoms. The van der Waals surface area contributed by atoms with Gasteiger partial charge in [-0.05, 0) is 24.6 Å². The number of ether oxygens (including phenoxy) is 1. The molecule has 0 N–H and O–H groups in total. The van der Waals surface area contributed by atoms with Gasteiger partial charge in [0, 0.05) is 0 Å². The fourth-order valence-electron chi connectivity index (χ4n) is 2.26. The second-order valence-corrected chi connectivity index (χ2v) is 5.66. The molecule has 0 aliphatic carbocycles. The summed E-state index contributed by atoms with van der Waals surface area (Å²) in [4.78, 5) is 11.8. The van der Waals surface area contributed by atoms with Gasteiger partial charge in [-0.2, -0.15) is 26.3 Å². The maximum absolute atomic E-state index is 12.9. The van der Waals surface area contributed by atoms with Gasteiger partial charge < -0.3 is 4.74 Å². The first-order valence-corrected chi connectivity index (χ1v) is 8.03. The van der Waals surface area contributed by atoms with Crippen LogP contribution < -0.4 is 0 Å². The van der Waals surface area contributed by atoms with Crippen LogP contribution in [-0.4, -0.2) is 12.6 Å². The molecule has 0 radical (unpaired) electrons. The van der Waals surface area contributed by atoms with Gasteiger partial charge in [-0.15, -0.1) is 0 Å². The topological polar surface area (TPSA) is 26.3 Å². The third-order valence-electron chi connectivity index (χ3n) is 3.60. The Kier molecular flexibility index (Phi) is 7.76.